The fourth-order valence-corrected chi connectivity index (χ4v) is 2.30. The van der Waals surface area contributed by atoms with Gasteiger partial charge in [0.25, 0.3) is 0 Å². The van der Waals surface area contributed by atoms with Crippen LogP contribution in [-0.2, 0) is 11.2 Å². The lowest BCUT2D eigenvalue weighted by Crippen LogP contribution is -2.39. The smallest absolute Gasteiger partial charge is 0.319 e. The van der Waals surface area contributed by atoms with Crippen molar-refractivity contribution in [1.82, 2.24) is 10.6 Å². The number of hydrogen-bond acceptors (Lipinski definition) is 4. The van der Waals surface area contributed by atoms with Crippen molar-refractivity contribution in [2.45, 2.75) is 6.42 Å². The fraction of sp³-hybridized carbons (Fsp3) is 0.263. The van der Waals surface area contributed by atoms with Crippen molar-refractivity contribution in [3.8, 4) is 11.5 Å². The molecule has 0 radical (unpaired) electrons. The number of anilines is 1. The Labute approximate surface area is 152 Å². The highest BCUT2D eigenvalue weighted by Gasteiger charge is 2.07. The van der Waals surface area contributed by atoms with Gasteiger partial charge in [-0.25, -0.2) is 4.79 Å². The Hall–Kier alpha value is -3.22. The van der Waals surface area contributed by atoms with E-state index in [1.54, 1.807) is 26.4 Å². The Morgan fingerprint density at radius 1 is 0.923 bits per heavy atom. The summed E-state index contributed by atoms with van der Waals surface area (Å²) in [6.07, 6.45) is 0.641. The lowest BCUT2D eigenvalue weighted by Gasteiger charge is -2.10. The summed E-state index contributed by atoms with van der Waals surface area (Å²) in [7, 11) is 3.16. The molecule has 138 valence electrons. The highest BCUT2D eigenvalue weighted by Crippen LogP contribution is 2.27. The number of carbonyl (C=O) groups is 2. The zero-order chi connectivity index (χ0) is 18.8. The van der Waals surface area contributed by atoms with Gasteiger partial charge < -0.3 is 25.4 Å². The number of rotatable bonds is 8. The molecule has 0 saturated carbocycles. The van der Waals surface area contributed by atoms with Gasteiger partial charge in [0.15, 0.2) is 11.5 Å². The number of amides is 3. The number of benzene rings is 2. The molecule has 0 aliphatic heterocycles. The van der Waals surface area contributed by atoms with Gasteiger partial charge in [0.05, 0.1) is 20.8 Å². The van der Waals surface area contributed by atoms with Crippen molar-refractivity contribution in [3.05, 3.63) is 54.1 Å². The Balaban J connectivity index is 1.69. The first-order chi connectivity index (χ1) is 12.6. The van der Waals surface area contributed by atoms with Crippen LogP contribution in [0.2, 0.25) is 0 Å². The monoisotopic (exact) mass is 357 g/mol. The maximum Gasteiger partial charge on any atom is 0.319 e. The van der Waals surface area contributed by atoms with Crippen LogP contribution in [0.3, 0.4) is 0 Å². The van der Waals surface area contributed by atoms with Gasteiger partial charge in [-0.15, -0.1) is 0 Å². The predicted octanol–water partition coefficient (Wildman–Crippen LogP) is 2.18. The largest absolute Gasteiger partial charge is 0.493 e. The molecule has 0 heterocycles. The summed E-state index contributed by atoms with van der Waals surface area (Å²) < 4.78 is 10.4. The van der Waals surface area contributed by atoms with Gasteiger partial charge in [-0.05, 0) is 36.2 Å². The van der Waals surface area contributed by atoms with Gasteiger partial charge in [0, 0.05) is 12.2 Å². The highest BCUT2D eigenvalue weighted by atomic mass is 16.5. The summed E-state index contributed by atoms with van der Waals surface area (Å²) in [4.78, 5) is 23.5. The van der Waals surface area contributed by atoms with Gasteiger partial charge >= 0.3 is 6.03 Å². The summed E-state index contributed by atoms with van der Waals surface area (Å²) in [5.74, 6) is 1.05. The van der Waals surface area contributed by atoms with E-state index in [0.717, 1.165) is 5.56 Å². The second-order valence-corrected chi connectivity index (χ2v) is 5.46. The maximum absolute atomic E-state index is 11.8. The molecule has 3 amide bonds. The van der Waals surface area contributed by atoms with Gasteiger partial charge in [-0.3, -0.25) is 4.79 Å². The number of para-hydroxylation sites is 1. The van der Waals surface area contributed by atoms with E-state index in [1.165, 1.54) is 0 Å². The number of nitrogens with one attached hydrogen (secondary N) is 3. The van der Waals surface area contributed by atoms with Crippen LogP contribution in [0.5, 0.6) is 11.5 Å². The molecule has 2 aromatic carbocycles. The molecule has 2 rings (SSSR count). The van der Waals surface area contributed by atoms with Crippen molar-refractivity contribution in [2.75, 3.05) is 32.6 Å². The van der Waals surface area contributed by atoms with E-state index in [4.69, 9.17) is 9.47 Å². The minimum absolute atomic E-state index is 0.0927. The van der Waals surface area contributed by atoms with Crippen LogP contribution in [0.15, 0.2) is 48.5 Å². The molecule has 26 heavy (non-hydrogen) atoms. The first-order valence-electron chi connectivity index (χ1n) is 8.20. The van der Waals surface area contributed by atoms with Crippen LogP contribution < -0.4 is 25.4 Å². The molecule has 0 aromatic heterocycles. The third kappa shape index (κ3) is 6.01. The summed E-state index contributed by atoms with van der Waals surface area (Å²) in [5, 5.41) is 7.92. The normalized spacial score (nSPS) is 9.92. The first kappa shape index (κ1) is 19.1. The molecule has 0 saturated heterocycles. The second-order valence-electron chi connectivity index (χ2n) is 5.46. The van der Waals surface area contributed by atoms with E-state index in [9.17, 15) is 9.59 Å². The van der Waals surface area contributed by atoms with Crippen LogP contribution in [-0.4, -0.2) is 39.2 Å². The van der Waals surface area contributed by atoms with E-state index in [2.05, 4.69) is 16.0 Å². The summed E-state index contributed by atoms with van der Waals surface area (Å²) in [6, 6.07) is 14.2. The Bertz CT molecular complexity index is 735. The topological polar surface area (TPSA) is 88.7 Å². The minimum atomic E-state index is -0.425. The number of methoxy groups -OCH3 is 2. The average Bonchev–Trinajstić information content (AvgIpc) is 2.67. The molecule has 3 N–H and O–H groups in total. The SMILES string of the molecule is COc1ccc(CCNC(=O)CNC(=O)Nc2ccccc2)cc1OC. The molecule has 0 fully saturated rings. The molecule has 7 nitrogen and oxygen atoms in total. The second kappa shape index (κ2) is 9.93. The van der Waals surface area contributed by atoms with Gasteiger partial charge in [0.2, 0.25) is 5.91 Å². The molecule has 0 unspecified atom stereocenters. The summed E-state index contributed by atoms with van der Waals surface area (Å²) in [6.45, 7) is 0.362. The third-order valence-corrected chi connectivity index (χ3v) is 3.62. The Morgan fingerprint density at radius 2 is 1.65 bits per heavy atom. The lowest BCUT2D eigenvalue weighted by molar-refractivity contribution is -0.120. The van der Waals surface area contributed by atoms with Crippen LogP contribution in [0.4, 0.5) is 10.5 Å². The summed E-state index contributed by atoms with van der Waals surface area (Å²) >= 11 is 0. The third-order valence-electron chi connectivity index (χ3n) is 3.62. The quantitative estimate of drug-likeness (QED) is 0.676. The van der Waals surface area contributed by atoms with Gasteiger partial charge in [0.1, 0.15) is 0 Å². The van der Waals surface area contributed by atoms with Crippen LogP contribution in [0.1, 0.15) is 5.56 Å². The zero-order valence-corrected chi connectivity index (χ0v) is 14.9. The molecule has 0 aliphatic carbocycles. The first-order valence-corrected chi connectivity index (χ1v) is 8.20. The molecule has 0 aliphatic rings. The average molecular weight is 357 g/mol. The van der Waals surface area contributed by atoms with E-state index in [-0.39, 0.29) is 12.5 Å². The molecule has 2 aromatic rings. The van der Waals surface area contributed by atoms with E-state index >= 15 is 0 Å². The van der Waals surface area contributed by atoms with Crippen molar-refractivity contribution in [3.63, 3.8) is 0 Å². The van der Waals surface area contributed by atoms with Crippen LogP contribution >= 0.6 is 0 Å². The number of ether oxygens (including phenoxy) is 2. The fourth-order valence-electron chi connectivity index (χ4n) is 2.30. The van der Waals surface area contributed by atoms with Crippen molar-refractivity contribution in [2.24, 2.45) is 0 Å². The van der Waals surface area contributed by atoms with Crippen molar-refractivity contribution < 1.29 is 19.1 Å². The lowest BCUT2D eigenvalue weighted by atomic mass is 10.1. The molecule has 0 spiro atoms. The molecular formula is C19H23N3O4. The highest BCUT2D eigenvalue weighted by molar-refractivity contribution is 5.92. The van der Waals surface area contributed by atoms with Crippen LogP contribution in [0, 0.1) is 0 Å². The Morgan fingerprint density at radius 3 is 2.35 bits per heavy atom. The number of carbonyl (C=O) groups excluding carboxylic acids is 2. The number of urea groups is 1. The van der Waals surface area contributed by atoms with E-state index in [0.29, 0.717) is 30.2 Å². The standard InChI is InChI=1S/C19H23N3O4/c1-25-16-9-8-14(12-17(16)26-2)10-11-20-18(23)13-21-19(24)22-15-6-4-3-5-7-15/h3-9,12H,10-11,13H2,1-2H3,(H,20,23)(H2,21,22,24). The van der Waals surface area contributed by atoms with E-state index in [1.807, 2.05) is 36.4 Å². The molecular weight excluding hydrogens is 334 g/mol. The molecule has 7 heteroatoms. The Kier molecular flexibility index (Phi) is 7.30. The predicted molar refractivity (Wildman–Crippen MR) is 99.7 cm³/mol. The van der Waals surface area contributed by atoms with Crippen LogP contribution in [0.25, 0.3) is 0 Å². The van der Waals surface area contributed by atoms with E-state index < -0.39 is 6.03 Å². The molecule has 0 bridgehead atoms. The minimum Gasteiger partial charge on any atom is -0.493 e. The van der Waals surface area contributed by atoms with Gasteiger partial charge in [-0.2, -0.15) is 0 Å². The van der Waals surface area contributed by atoms with Gasteiger partial charge in [-0.1, -0.05) is 24.3 Å². The van der Waals surface area contributed by atoms with Crippen molar-refractivity contribution >= 4 is 17.6 Å². The number of hydrogen-bond donors (Lipinski definition) is 3. The summed E-state index contributed by atoms with van der Waals surface area (Å²) in [5.41, 5.74) is 1.68. The zero-order valence-electron chi connectivity index (χ0n) is 14.9. The maximum atomic E-state index is 11.8. The molecule has 0 atom stereocenters. The van der Waals surface area contributed by atoms with Crippen molar-refractivity contribution in [1.29, 1.82) is 0 Å².